The summed E-state index contributed by atoms with van der Waals surface area (Å²) in [5, 5.41) is 5.33. The standard InChI is InChI=1S/C14H23F3N2O/c1-2-10-3-5-11(6-4-10)19-12(20)13(14(15,16)17)7-8-18-9-13/h10-11,18H,2-9H2,1H3,(H,19,20). The van der Waals surface area contributed by atoms with Crippen LogP contribution >= 0.6 is 0 Å². The van der Waals surface area contributed by atoms with E-state index in [1.54, 1.807) is 0 Å². The van der Waals surface area contributed by atoms with Crippen LogP contribution in [-0.2, 0) is 4.79 Å². The van der Waals surface area contributed by atoms with Crippen LogP contribution in [0.3, 0.4) is 0 Å². The van der Waals surface area contributed by atoms with Crippen LogP contribution in [0.2, 0.25) is 0 Å². The molecule has 116 valence electrons. The fraction of sp³-hybridized carbons (Fsp3) is 0.929. The lowest BCUT2D eigenvalue weighted by Gasteiger charge is -2.34. The van der Waals surface area contributed by atoms with Crippen molar-refractivity contribution < 1.29 is 18.0 Å². The number of carbonyl (C=O) groups is 1. The largest absolute Gasteiger partial charge is 0.404 e. The summed E-state index contributed by atoms with van der Waals surface area (Å²) in [7, 11) is 0. The fourth-order valence-electron chi connectivity index (χ4n) is 3.30. The number of amides is 1. The van der Waals surface area contributed by atoms with Gasteiger partial charge < -0.3 is 10.6 Å². The van der Waals surface area contributed by atoms with Crippen LogP contribution in [0.1, 0.15) is 45.4 Å². The summed E-state index contributed by atoms with van der Waals surface area (Å²) in [5.41, 5.74) is -2.23. The number of hydrogen-bond acceptors (Lipinski definition) is 2. The molecule has 0 aromatic rings. The number of rotatable bonds is 3. The zero-order valence-electron chi connectivity index (χ0n) is 11.9. The Bertz CT molecular complexity index is 343. The maximum Gasteiger partial charge on any atom is 0.404 e. The van der Waals surface area contributed by atoms with E-state index in [2.05, 4.69) is 17.6 Å². The van der Waals surface area contributed by atoms with Crippen molar-refractivity contribution in [3.8, 4) is 0 Å². The van der Waals surface area contributed by atoms with Crippen LogP contribution in [0.4, 0.5) is 13.2 Å². The Hall–Kier alpha value is -0.780. The first-order valence-electron chi connectivity index (χ1n) is 7.47. The molecule has 2 fully saturated rings. The smallest absolute Gasteiger partial charge is 0.353 e. The Balaban J connectivity index is 1.97. The Morgan fingerprint density at radius 2 is 1.95 bits per heavy atom. The normalized spacial score (nSPS) is 35.0. The molecule has 1 amide bonds. The molecule has 2 N–H and O–H groups in total. The van der Waals surface area contributed by atoms with Gasteiger partial charge in [-0.15, -0.1) is 0 Å². The minimum absolute atomic E-state index is 0.0925. The summed E-state index contributed by atoms with van der Waals surface area (Å²) < 4.78 is 39.7. The van der Waals surface area contributed by atoms with Gasteiger partial charge in [0, 0.05) is 12.6 Å². The van der Waals surface area contributed by atoms with E-state index in [-0.39, 0.29) is 25.6 Å². The molecule has 0 aromatic heterocycles. The maximum atomic E-state index is 13.2. The van der Waals surface area contributed by atoms with Crippen LogP contribution in [0.5, 0.6) is 0 Å². The molecule has 1 saturated heterocycles. The van der Waals surface area contributed by atoms with Gasteiger partial charge >= 0.3 is 6.18 Å². The molecule has 1 atom stereocenters. The van der Waals surface area contributed by atoms with Gasteiger partial charge in [-0.1, -0.05) is 13.3 Å². The Kier molecular flexibility index (Phi) is 4.62. The van der Waals surface area contributed by atoms with E-state index < -0.39 is 17.5 Å². The van der Waals surface area contributed by atoms with Crippen LogP contribution in [0.15, 0.2) is 0 Å². The van der Waals surface area contributed by atoms with Gasteiger partial charge in [-0.05, 0) is 44.6 Å². The lowest BCUT2D eigenvalue weighted by molar-refractivity contribution is -0.216. The molecule has 1 aliphatic carbocycles. The molecule has 0 radical (unpaired) electrons. The number of carbonyl (C=O) groups excluding carboxylic acids is 1. The lowest BCUT2D eigenvalue weighted by Crippen LogP contribution is -2.54. The van der Waals surface area contributed by atoms with E-state index in [9.17, 15) is 18.0 Å². The number of alkyl halides is 3. The first kappa shape index (κ1) is 15.6. The highest BCUT2D eigenvalue weighted by Gasteiger charge is 2.61. The van der Waals surface area contributed by atoms with Crippen LogP contribution in [-0.4, -0.2) is 31.2 Å². The molecule has 0 bridgehead atoms. The van der Waals surface area contributed by atoms with E-state index in [0.29, 0.717) is 5.92 Å². The van der Waals surface area contributed by atoms with Gasteiger partial charge in [-0.3, -0.25) is 4.79 Å². The topological polar surface area (TPSA) is 41.1 Å². The highest BCUT2D eigenvalue weighted by atomic mass is 19.4. The molecular formula is C14H23F3N2O. The second kappa shape index (κ2) is 5.92. The number of halogens is 3. The van der Waals surface area contributed by atoms with Crippen molar-refractivity contribution in [2.24, 2.45) is 11.3 Å². The van der Waals surface area contributed by atoms with Crippen molar-refractivity contribution in [3.05, 3.63) is 0 Å². The summed E-state index contributed by atoms with van der Waals surface area (Å²) in [6.07, 6.45) is 0.0551. The summed E-state index contributed by atoms with van der Waals surface area (Å²) in [6, 6.07) is -0.0925. The molecule has 3 nitrogen and oxygen atoms in total. The summed E-state index contributed by atoms with van der Waals surface area (Å²) in [6.45, 7) is 2.08. The molecule has 1 saturated carbocycles. The van der Waals surface area contributed by atoms with Gasteiger partial charge in [0.05, 0.1) is 0 Å². The van der Waals surface area contributed by atoms with Crippen molar-refractivity contribution in [1.82, 2.24) is 10.6 Å². The van der Waals surface area contributed by atoms with E-state index in [1.807, 2.05) is 0 Å². The lowest BCUT2D eigenvalue weighted by atomic mass is 9.82. The number of nitrogens with one attached hydrogen (secondary N) is 2. The van der Waals surface area contributed by atoms with E-state index in [1.165, 1.54) is 0 Å². The predicted molar refractivity (Wildman–Crippen MR) is 70.2 cm³/mol. The zero-order chi connectivity index (χ0) is 14.8. The molecule has 1 unspecified atom stereocenters. The maximum absolute atomic E-state index is 13.2. The van der Waals surface area contributed by atoms with Gasteiger partial charge in [0.15, 0.2) is 5.41 Å². The van der Waals surface area contributed by atoms with Gasteiger partial charge in [0.25, 0.3) is 0 Å². The second-order valence-electron chi connectivity index (χ2n) is 6.11. The minimum atomic E-state index is -4.48. The predicted octanol–water partition coefficient (Wildman–Crippen LogP) is 2.61. The van der Waals surface area contributed by atoms with E-state index >= 15 is 0 Å². The molecule has 1 heterocycles. The Morgan fingerprint density at radius 3 is 2.40 bits per heavy atom. The fourth-order valence-corrected chi connectivity index (χ4v) is 3.30. The molecular weight excluding hydrogens is 269 g/mol. The third-order valence-corrected chi connectivity index (χ3v) is 4.89. The summed E-state index contributed by atoms with van der Waals surface area (Å²) >= 11 is 0. The molecule has 2 rings (SSSR count). The quantitative estimate of drug-likeness (QED) is 0.839. The third kappa shape index (κ3) is 2.95. The van der Waals surface area contributed by atoms with Crippen molar-refractivity contribution in [2.45, 2.75) is 57.7 Å². The first-order valence-corrected chi connectivity index (χ1v) is 7.47. The summed E-state index contributed by atoms with van der Waals surface area (Å²) in [4.78, 5) is 12.2. The molecule has 2 aliphatic rings. The highest BCUT2D eigenvalue weighted by Crippen LogP contribution is 2.43. The van der Waals surface area contributed by atoms with Crippen LogP contribution < -0.4 is 10.6 Å². The van der Waals surface area contributed by atoms with E-state index in [0.717, 1.165) is 32.1 Å². The monoisotopic (exact) mass is 292 g/mol. The summed E-state index contributed by atoms with van der Waals surface area (Å²) in [5.74, 6) is -0.178. The van der Waals surface area contributed by atoms with Crippen molar-refractivity contribution >= 4 is 5.91 Å². The van der Waals surface area contributed by atoms with Crippen molar-refractivity contribution in [3.63, 3.8) is 0 Å². The SMILES string of the molecule is CCC1CCC(NC(=O)C2(C(F)(F)F)CCNC2)CC1. The Morgan fingerprint density at radius 1 is 1.30 bits per heavy atom. The van der Waals surface area contributed by atoms with Crippen molar-refractivity contribution in [1.29, 1.82) is 0 Å². The van der Waals surface area contributed by atoms with Crippen LogP contribution in [0, 0.1) is 11.3 Å². The molecule has 0 spiro atoms. The minimum Gasteiger partial charge on any atom is -0.353 e. The van der Waals surface area contributed by atoms with E-state index in [4.69, 9.17) is 0 Å². The Labute approximate surface area is 117 Å². The number of hydrogen-bond donors (Lipinski definition) is 2. The second-order valence-corrected chi connectivity index (χ2v) is 6.11. The third-order valence-electron chi connectivity index (χ3n) is 4.89. The van der Waals surface area contributed by atoms with Gasteiger partial charge in [0.1, 0.15) is 0 Å². The zero-order valence-corrected chi connectivity index (χ0v) is 11.9. The molecule has 20 heavy (non-hydrogen) atoms. The molecule has 6 heteroatoms. The average Bonchev–Trinajstić information content (AvgIpc) is 2.90. The van der Waals surface area contributed by atoms with Crippen LogP contribution in [0.25, 0.3) is 0 Å². The molecule has 1 aliphatic heterocycles. The molecule has 0 aromatic carbocycles. The average molecular weight is 292 g/mol. The highest BCUT2D eigenvalue weighted by molar-refractivity contribution is 5.84. The first-order chi connectivity index (χ1) is 9.39. The van der Waals surface area contributed by atoms with Crippen molar-refractivity contribution in [2.75, 3.05) is 13.1 Å². The van der Waals surface area contributed by atoms with Gasteiger partial charge in [-0.2, -0.15) is 13.2 Å². The van der Waals surface area contributed by atoms with Gasteiger partial charge in [-0.25, -0.2) is 0 Å². The van der Waals surface area contributed by atoms with Gasteiger partial charge in [0.2, 0.25) is 5.91 Å².